The van der Waals surface area contributed by atoms with Crippen LogP contribution in [0.2, 0.25) is 0 Å². The molecule has 0 spiro atoms. The Labute approximate surface area is 121 Å². The van der Waals surface area contributed by atoms with Crippen LogP contribution < -0.4 is 14.2 Å². The molecule has 0 amide bonds. The van der Waals surface area contributed by atoms with Crippen molar-refractivity contribution in [1.82, 2.24) is 0 Å². The quantitative estimate of drug-likeness (QED) is 0.366. The minimum Gasteiger partial charge on any atom is -0.507 e. The van der Waals surface area contributed by atoms with Gasteiger partial charge in [-0.15, -0.1) is 0 Å². The van der Waals surface area contributed by atoms with Crippen molar-refractivity contribution >= 4 is 17.5 Å². The van der Waals surface area contributed by atoms with E-state index in [4.69, 9.17) is 14.2 Å². The lowest BCUT2D eigenvalue weighted by molar-refractivity contribution is -0.149. The molecule has 0 aliphatic rings. The Morgan fingerprint density at radius 2 is 1.62 bits per heavy atom. The van der Waals surface area contributed by atoms with E-state index in [1.54, 1.807) is 0 Å². The Morgan fingerprint density at radius 3 is 2.10 bits per heavy atom. The molecular formula is C14H16O7. The maximum atomic E-state index is 11.4. The molecule has 0 saturated carbocycles. The fourth-order valence-electron chi connectivity index (χ4n) is 1.66. The van der Waals surface area contributed by atoms with Gasteiger partial charge in [0.15, 0.2) is 11.5 Å². The first-order chi connectivity index (χ1) is 9.99. The number of aliphatic hydroxyl groups is 1. The molecule has 1 N–H and O–H groups in total. The van der Waals surface area contributed by atoms with Crippen LogP contribution in [0.25, 0.3) is 5.76 Å². The van der Waals surface area contributed by atoms with Gasteiger partial charge in [0.2, 0.25) is 5.75 Å². The van der Waals surface area contributed by atoms with E-state index in [1.165, 1.54) is 33.5 Å². The van der Waals surface area contributed by atoms with E-state index in [1.807, 2.05) is 0 Å². The molecule has 0 saturated heterocycles. The summed E-state index contributed by atoms with van der Waals surface area (Å²) < 4.78 is 19.7. The minimum atomic E-state index is -1.08. The molecule has 1 rings (SSSR count). The molecular weight excluding hydrogens is 280 g/mol. The lowest BCUT2D eigenvalue weighted by atomic mass is 10.1. The summed E-state index contributed by atoms with van der Waals surface area (Å²) in [7, 11) is 5.30. The van der Waals surface area contributed by atoms with Crippen molar-refractivity contribution in [1.29, 1.82) is 0 Å². The Kier molecular flexibility index (Phi) is 5.59. The van der Waals surface area contributed by atoms with Crippen LogP contribution in [0.4, 0.5) is 0 Å². The van der Waals surface area contributed by atoms with Crippen molar-refractivity contribution in [3.05, 3.63) is 23.8 Å². The van der Waals surface area contributed by atoms with E-state index in [-0.39, 0.29) is 17.1 Å². The molecule has 7 heteroatoms. The first-order valence-corrected chi connectivity index (χ1v) is 5.82. The van der Waals surface area contributed by atoms with Crippen molar-refractivity contribution in [2.24, 2.45) is 0 Å². The second-order valence-electron chi connectivity index (χ2n) is 3.77. The molecule has 0 heterocycles. The fourth-order valence-corrected chi connectivity index (χ4v) is 1.66. The van der Waals surface area contributed by atoms with Crippen molar-refractivity contribution in [2.75, 3.05) is 28.4 Å². The van der Waals surface area contributed by atoms with Gasteiger partial charge in [-0.2, -0.15) is 0 Å². The first kappa shape index (κ1) is 16.4. The summed E-state index contributed by atoms with van der Waals surface area (Å²) >= 11 is 0. The molecule has 21 heavy (non-hydrogen) atoms. The zero-order valence-corrected chi connectivity index (χ0v) is 12.1. The van der Waals surface area contributed by atoms with Gasteiger partial charge in [-0.3, -0.25) is 4.79 Å². The predicted octanol–water partition coefficient (Wildman–Crippen LogP) is 1.35. The van der Waals surface area contributed by atoms with Crippen molar-refractivity contribution in [3.63, 3.8) is 0 Å². The maximum Gasteiger partial charge on any atom is 0.378 e. The second-order valence-corrected chi connectivity index (χ2v) is 3.77. The number of carbonyl (C=O) groups excluding carboxylic acids is 2. The number of esters is 1. The van der Waals surface area contributed by atoms with Gasteiger partial charge >= 0.3 is 5.97 Å². The third-order valence-electron chi connectivity index (χ3n) is 2.63. The van der Waals surface area contributed by atoms with Crippen molar-refractivity contribution in [2.45, 2.75) is 0 Å². The van der Waals surface area contributed by atoms with Gasteiger partial charge in [0.05, 0.1) is 34.0 Å². The third kappa shape index (κ3) is 3.44. The molecule has 0 aliphatic carbocycles. The van der Waals surface area contributed by atoms with E-state index in [0.717, 1.165) is 13.2 Å². The molecule has 0 radical (unpaired) electrons. The van der Waals surface area contributed by atoms with Gasteiger partial charge in [-0.25, -0.2) is 4.79 Å². The SMILES string of the molecule is COC(=O)C(=O)/C=C(\O)c1ccc(OC)c(OC)c1OC. The van der Waals surface area contributed by atoms with Crippen LogP contribution in [-0.4, -0.2) is 45.3 Å². The number of aliphatic hydroxyl groups excluding tert-OH is 1. The van der Waals surface area contributed by atoms with E-state index in [2.05, 4.69) is 4.74 Å². The first-order valence-electron chi connectivity index (χ1n) is 5.82. The van der Waals surface area contributed by atoms with Gasteiger partial charge in [-0.05, 0) is 12.1 Å². The molecule has 0 atom stereocenters. The van der Waals surface area contributed by atoms with Crippen molar-refractivity contribution in [3.8, 4) is 17.2 Å². The summed E-state index contributed by atoms with van der Waals surface area (Å²) in [6.07, 6.45) is 0.746. The lowest BCUT2D eigenvalue weighted by Gasteiger charge is -2.15. The number of carbonyl (C=O) groups is 2. The zero-order valence-electron chi connectivity index (χ0n) is 12.1. The average molecular weight is 296 g/mol. The Balaban J connectivity index is 3.33. The average Bonchev–Trinajstić information content (AvgIpc) is 2.51. The van der Waals surface area contributed by atoms with Gasteiger partial charge < -0.3 is 24.1 Å². The summed E-state index contributed by atoms with van der Waals surface area (Å²) in [5.41, 5.74) is 0.174. The Morgan fingerprint density at radius 1 is 1.00 bits per heavy atom. The minimum absolute atomic E-state index is 0.170. The number of ketones is 1. The molecule has 114 valence electrons. The molecule has 7 nitrogen and oxygen atoms in total. The van der Waals surface area contributed by atoms with E-state index in [9.17, 15) is 14.7 Å². The van der Waals surface area contributed by atoms with Crippen LogP contribution in [-0.2, 0) is 14.3 Å². The van der Waals surface area contributed by atoms with Crippen LogP contribution in [0.3, 0.4) is 0 Å². The molecule has 1 aromatic carbocycles. The highest BCUT2D eigenvalue weighted by atomic mass is 16.5. The normalized spacial score (nSPS) is 10.8. The van der Waals surface area contributed by atoms with Crippen molar-refractivity contribution < 1.29 is 33.6 Å². The third-order valence-corrected chi connectivity index (χ3v) is 2.63. The highest BCUT2D eigenvalue weighted by molar-refractivity contribution is 6.39. The largest absolute Gasteiger partial charge is 0.507 e. The number of hydrogen-bond acceptors (Lipinski definition) is 7. The van der Waals surface area contributed by atoms with Crippen LogP contribution in [0, 0.1) is 0 Å². The van der Waals surface area contributed by atoms with Gasteiger partial charge in [0, 0.05) is 6.08 Å². The van der Waals surface area contributed by atoms with Gasteiger partial charge in [-0.1, -0.05) is 0 Å². The Bertz CT molecular complexity index is 575. The van der Waals surface area contributed by atoms with Gasteiger partial charge in [0.1, 0.15) is 5.76 Å². The monoisotopic (exact) mass is 296 g/mol. The lowest BCUT2D eigenvalue weighted by Crippen LogP contribution is -2.13. The topological polar surface area (TPSA) is 91.3 Å². The maximum absolute atomic E-state index is 11.4. The number of rotatable bonds is 6. The smallest absolute Gasteiger partial charge is 0.378 e. The summed E-state index contributed by atoms with van der Waals surface area (Å²) in [5, 5.41) is 9.99. The van der Waals surface area contributed by atoms with Crippen LogP contribution in [0.15, 0.2) is 18.2 Å². The number of benzene rings is 1. The zero-order chi connectivity index (χ0) is 16.0. The van der Waals surface area contributed by atoms with E-state index >= 15 is 0 Å². The van der Waals surface area contributed by atoms with Gasteiger partial charge in [0.25, 0.3) is 5.78 Å². The highest BCUT2D eigenvalue weighted by Gasteiger charge is 2.20. The summed E-state index contributed by atoms with van der Waals surface area (Å²) in [6, 6.07) is 3.00. The van der Waals surface area contributed by atoms with E-state index in [0.29, 0.717) is 5.75 Å². The molecule has 0 aliphatic heterocycles. The fraction of sp³-hybridized carbons (Fsp3) is 0.286. The molecule has 0 aromatic heterocycles. The molecule has 0 bridgehead atoms. The summed E-state index contributed by atoms with van der Waals surface area (Å²) in [4.78, 5) is 22.5. The van der Waals surface area contributed by atoms with Crippen LogP contribution >= 0.6 is 0 Å². The van der Waals surface area contributed by atoms with Crippen LogP contribution in [0.5, 0.6) is 17.2 Å². The Hall–Kier alpha value is -2.70. The summed E-state index contributed by atoms with van der Waals surface area (Å²) in [5.74, 6) is -1.72. The van der Waals surface area contributed by atoms with E-state index < -0.39 is 17.5 Å². The van der Waals surface area contributed by atoms with Crippen LogP contribution in [0.1, 0.15) is 5.56 Å². The standard InChI is InChI=1S/C14H16O7/c1-18-11-6-5-8(12(19-2)13(11)20-3)9(15)7-10(16)14(17)21-4/h5-7,15H,1-4H3/b9-7-. The predicted molar refractivity (Wildman–Crippen MR) is 73.7 cm³/mol. The molecule has 0 fully saturated rings. The summed E-state index contributed by atoms with van der Waals surface area (Å²) in [6.45, 7) is 0. The highest BCUT2D eigenvalue weighted by Crippen LogP contribution is 2.41. The number of hydrogen-bond donors (Lipinski definition) is 1. The molecule has 0 unspecified atom stereocenters. The second kappa shape index (κ2) is 7.18. The number of methoxy groups -OCH3 is 4. The molecule has 1 aromatic rings. The number of ether oxygens (including phenoxy) is 4.